The zero-order chi connectivity index (χ0) is 49.0. The van der Waals surface area contributed by atoms with Gasteiger partial charge in [0, 0.05) is 39.2 Å². The highest BCUT2D eigenvalue weighted by Crippen LogP contribution is 2.65. The standard InChI is InChI=1S/C69H62N2/c1-41-24-28-51(36-45(41)5)70(52-29-25-42(2)46(6)37-52)55-32-33-56-60(40-55)69(9,10)68-63(50-20-15-12-16-21-50)66-58-23-17-22-57-61(35-34-59(64(57)58)65(66)62(67(56)68)49-18-13-11-14-19-49)71(53-30-26-43(3)47(7)38-53)54-31-27-44(4)48(8)39-54/h11-31,34-40H,32-33H2,1-10H3. The number of anilines is 5. The molecule has 12 rings (SSSR count). The fraction of sp³-hybridized carbons (Fsp3) is 0.188. The summed E-state index contributed by atoms with van der Waals surface area (Å²) in [5.74, 6) is 0. The molecule has 0 aromatic heterocycles. The second-order valence-electron chi connectivity index (χ2n) is 21.2. The number of benzene rings is 9. The lowest BCUT2D eigenvalue weighted by Crippen LogP contribution is -2.23. The first kappa shape index (κ1) is 44.5. The first-order valence-corrected chi connectivity index (χ1v) is 25.6. The van der Waals surface area contributed by atoms with Crippen LogP contribution in [-0.2, 0) is 5.41 Å². The quantitative estimate of drug-likeness (QED) is 0.150. The molecule has 0 unspecified atom stereocenters. The van der Waals surface area contributed by atoms with Crippen LogP contribution in [0.3, 0.4) is 0 Å². The Labute approximate surface area is 421 Å². The molecule has 348 valence electrons. The summed E-state index contributed by atoms with van der Waals surface area (Å²) >= 11 is 0. The Morgan fingerprint density at radius 2 is 0.845 bits per heavy atom. The van der Waals surface area contributed by atoms with Gasteiger partial charge in [0.2, 0.25) is 0 Å². The smallest absolute Gasteiger partial charge is 0.0540 e. The number of fused-ring (bicyclic) bond motifs is 5. The lowest BCUT2D eigenvalue weighted by Gasteiger charge is -2.33. The third-order valence-electron chi connectivity index (χ3n) is 16.6. The molecule has 0 saturated carbocycles. The van der Waals surface area contributed by atoms with Gasteiger partial charge in [0.1, 0.15) is 0 Å². The van der Waals surface area contributed by atoms with E-state index in [1.807, 2.05) is 0 Å². The molecule has 0 atom stereocenters. The van der Waals surface area contributed by atoms with E-state index in [-0.39, 0.29) is 5.41 Å². The van der Waals surface area contributed by atoms with Crippen molar-refractivity contribution in [3.63, 3.8) is 0 Å². The van der Waals surface area contributed by atoms with Crippen molar-refractivity contribution >= 4 is 44.8 Å². The van der Waals surface area contributed by atoms with Crippen LogP contribution in [0.4, 0.5) is 28.4 Å². The Balaban J connectivity index is 1.15. The highest BCUT2D eigenvalue weighted by atomic mass is 15.2. The molecule has 71 heavy (non-hydrogen) atoms. The molecule has 0 amide bonds. The Kier molecular flexibility index (Phi) is 10.5. The maximum absolute atomic E-state index is 2.59. The maximum atomic E-state index is 2.59. The molecular formula is C69H62N2. The van der Waals surface area contributed by atoms with Crippen LogP contribution in [0.15, 0.2) is 181 Å². The van der Waals surface area contributed by atoms with E-state index in [1.165, 1.54) is 156 Å². The Morgan fingerprint density at radius 1 is 0.380 bits per heavy atom. The highest BCUT2D eigenvalue weighted by Gasteiger charge is 2.46. The van der Waals surface area contributed by atoms with Crippen LogP contribution in [-0.4, -0.2) is 0 Å². The van der Waals surface area contributed by atoms with Gasteiger partial charge < -0.3 is 9.80 Å². The molecule has 0 bridgehead atoms. The molecule has 9 aromatic rings. The number of hydrogen-bond donors (Lipinski definition) is 0. The summed E-state index contributed by atoms with van der Waals surface area (Å²) in [5, 5.41) is 2.58. The minimum atomic E-state index is -0.324. The van der Waals surface area contributed by atoms with Crippen molar-refractivity contribution in [3.8, 4) is 44.5 Å². The maximum Gasteiger partial charge on any atom is 0.0540 e. The summed E-state index contributed by atoms with van der Waals surface area (Å²) in [4.78, 5) is 5.04. The van der Waals surface area contributed by atoms with Crippen LogP contribution >= 0.6 is 0 Å². The summed E-state index contributed by atoms with van der Waals surface area (Å²) < 4.78 is 0. The fourth-order valence-corrected chi connectivity index (χ4v) is 12.2. The van der Waals surface area contributed by atoms with Gasteiger partial charge in [0.15, 0.2) is 0 Å². The van der Waals surface area contributed by atoms with Crippen molar-refractivity contribution in [1.29, 1.82) is 0 Å². The molecule has 9 aromatic carbocycles. The van der Waals surface area contributed by atoms with Crippen molar-refractivity contribution in [2.75, 3.05) is 9.80 Å². The van der Waals surface area contributed by atoms with Crippen molar-refractivity contribution in [2.24, 2.45) is 0 Å². The third kappa shape index (κ3) is 6.97. The Hall–Kier alpha value is -7.68. The van der Waals surface area contributed by atoms with Gasteiger partial charge in [0.05, 0.1) is 5.69 Å². The Bertz CT molecular complexity index is 3650. The van der Waals surface area contributed by atoms with Crippen molar-refractivity contribution < 1.29 is 0 Å². The molecule has 0 N–H and O–H groups in total. The molecule has 0 spiro atoms. The molecular weight excluding hydrogens is 857 g/mol. The van der Waals surface area contributed by atoms with Gasteiger partial charge >= 0.3 is 0 Å². The average molecular weight is 919 g/mol. The van der Waals surface area contributed by atoms with Gasteiger partial charge in [0.25, 0.3) is 0 Å². The van der Waals surface area contributed by atoms with Gasteiger partial charge in [-0.05, 0) is 246 Å². The van der Waals surface area contributed by atoms with Crippen molar-refractivity contribution in [2.45, 2.75) is 87.5 Å². The number of aryl methyl sites for hydroxylation is 8. The molecule has 0 heterocycles. The van der Waals surface area contributed by atoms with E-state index >= 15 is 0 Å². The lowest BCUT2D eigenvalue weighted by atomic mass is 9.73. The van der Waals surface area contributed by atoms with E-state index in [0.717, 1.165) is 12.8 Å². The van der Waals surface area contributed by atoms with Crippen LogP contribution in [0.2, 0.25) is 0 Å². The van der Waals surface area contributed by atoms with Crippen LogP contribution in [0.1, 0.15) is 82.3 Å². The number of hydrogen-bond acceptors (Lipinski definition) is 2. The van der Waals surface area contributed by atoms with Crippen molar-refractivity contribution in [1.82, 2.24) is 0 Å². The topological polar surface area (TPSA) is 6.48 Å². The van der Waals surface area contributed by atoms with Crippen LogP contribution < -0.4 is 9.80 Å². The second-order valence-corrected chi connectivity index (χ2v) is 21.2. The molecule has 0 radical (unpaired) electrons. The summed E-state index contributed by atoms with van der Waals surface area (Å²) in [7, 11) is 0. The first-order chi connectivity index (χ1) is 34.3. The molecule has 3 aliphatic carbocycles. The van der Waals surface area contributed by atoms with Crippen LogP contribution in [0.5, 0.6) is 0 Å². The number of rotatable bonds is 8. The largest absolute Gasteiger partial charge is 0.314 e. The molecule has 0 fully saturated rings. The summed E-state index contributed by atoms with van der Waals surface area (Å²) in [5.41, 5.74) is 33.7. The molecule has 2 heteroatoms. The SMILES string of the molecule is Cc1ccc(N(C2=CC3=C(CC2)c2c(-c4ccccc4)c4c(c(-c5ccccc5)c2C3(C)C)-c2cccc3c(N(c5ccc(C)c(C)c5)c5ccc(C)c(C)c5)ccc-4c23)c2ccc(C)c(C)c2)cc1C. The van der Waals surface area contributed by atoms with Crippen LogP contribution in [0.25, 0.3) is 60.9 Å². The normalized spacial score (nSPS) is 14.1. The zero-order valence-corrected chi connectivity index (χ0v) is 43.0. The molecule has 0 saturated heterocycles. The first-order valence-electron chi connectivity index (χ1n) is 25.6. The van der Waals surface area contributed by atoms with E-state index in [9.17, 15) is 0 Å². The summed E-state index contributed by atoms with van der Waals surface area (Å²) in [6, 6.07) is 62.4. The zero-order valence-electron chi connectivity index (χ0n) is 43.0. The van der Waals surface area contributed by atoms with E-state index in [0.29, 0.717) is 0 Å². The van der Waals surface area contributed by atoms with E-state index < -0.39 is 0 Å². The van der Waals surface area contributed by atoms with Gasteiger partial charge in [-0.15, -0.1) is 0 Å². The predicted molar refractivity (Wildman–Crippen MR) is 304 cm³/mol. The third-order valence-corrected chi connectivity index (χ3v) is 16.6. The van der Waals surface area contributed by atoms with Crippen molar-refractivity contribution in [3.05, 3.63) is 237 Å². The molecule has 2 nitrogen and oxygen atoms in total. The predicted octanol–water partition coefficient (Wildman–Crippen LogP) is 19.3. The monoisotopic (exact) mass is 918 g/mol. The minimum absolute atomic E-state index is 0.324. The number of nitrogens with zero attached hydrogens (tertiary/aromatic N) is 2. The Morgan fingerprint density at radius 3 is 1.35 bits per heavy atom. The minimum Gasteiger partial charge on any atom is -0.314 e. The van der Waals surface area contributed by atoms with Gasteiger partial charge in [-0.25, -0.2) is 0 Å². The summed E-state index contributed by atoms with van der Waals surface area (Å²) in [6.07, 6.45) is 4.46. The van der Waals surface area contributed by atoms with E-state index in [1.54, 1.807) is 0 Å². The van der Waals surface area contributed by atoms with Crippen LogP contribution in [0, 0.1) is 55.4 Å². The van der Waals surface area contributed by atoms with Gasteiger partial charge in [-0.1, -0.05) is 123 Å². The number of allylic oxidation sites excluding steroid dienone is 4. The summed E-state index contributed by atoms with van der Waals surface area (Å²) in [6.45, 7) is 22.8. The van der Waals surface area contributed by atoms with Gasteiger partial charge in [-0.2, -0.15) is 0 Å². The van der Waals surface area contributed by atoms with Gasteiger partial charge in [-0.3, -0.25) is 0 Å². The highest BCUT2D eigenvalue weighted by molar-refractivity contribution is 6.25. The lowest BCUT2D eigenvalue weighted by molar-refractivity contribution is 0.650. The fourth-order valence-electron chi connectivity index (χ4n) is 12.2. The molecule has 3 aliphatic rings. The second kappa shape index (κ2) is 16.7. The van der Waals surface area contributed by atoms with E-state index in [4.69, 9.17) is 0 Å². The molecule has 0 aliphatic heterocycles. The van der Waals surface area contributed by atoms with E-state index in [2.05, 4.69) is 249 Å². The average Bonchev–Trinajstić information content (AvgIpc) is 3.82.